The van der Waals surface area contributed by atoms with Crippen LogP contribution < -0.4 is 16.4 Å². The van der Waals surface area contributed by atoms with E-state index in [1.165, 1.54) is 0 Å². The van der Waals surface area contributed by atoms with Gasteiger partial charge < -0.3 is 16.4 Å². The van der Waals surface area contributed by atoms with E-state index in [4.69, 9.17) is 5.73 Å². The van der Waals surface area contributed by atoms with Crippen LogP contribution in [-0.2, 0) is 17.8 Å². The normalized spacial score (nSPS) is 13.8. The van der Waals surface area contributed by atoms with E-state index in [0.29, 0.717) is 18.7 Å². The zero-order valence-electron chi connectivity index (χ0n) is 11.2. The maximum absolute atomic E-state index is 11.4. The summed E-state index contributed by atoms with van der Waals surface area (Å²) in [6.07, 6.45) is 1.27. The summed E-state index contributed by atoms with van der Waals surface area (Å²) in [5, 5.41) is 9.23. The lowest BCUT2D eigenvalue weighted by Gasteiger charge is -2.19. The molecule has 0 saturated carbocycles. The van der Waals surface area contributed by atoms with Crippen LogP contribution in [-0.4, -0.2) is 10.9 Å². The molecule has 1 amide bonds. The second kappa shape index (κ2) is 5.13. The molecule has 104 valence electrons. The predicted octanol–water partition coefficient (Wildman–Crippen LogP) is 2.53. The Morgan fingerprint density at radius 3 is 3.05 bits per heavy atom. The van der Waals surface area contributed by atoms with Gasteiger partial charge in [-0.2, -0.15) is 0 Å². The van der Waals surface area contributed by atoms with Gasteiger partial charge in [-0.25, -0.2) is 4.98 Å². The number of aryl methyl sites for hydroxylation is 2. The topological polar surface area (TPSA) is 80.0 Å². The Balaban J connectivity index is 1.79. The molecule has 0 fully saturated rings. The number of fused-ring (bicyclic) bond motifs is 1. The summed E-state index contributed by atoms with van der Waals surface area (Å²) in [5.41, 5.74) is 10.5. The monoisotopic (exact) mass is 288 g/mol. The van der Waals surface area contributed by atoms with Crippen molar-refractivity contribution in [3.63, 3.8) is 0 Å². The highest BCUT2D eigenvalue weighted by Gasteiger charge is 2.16. The van der Waals surface area contributed by atoms with Crippen LogP contribution in [0.3, 0.4) is 0 Å². The van der Waals surface area contributed by atoms with Crippen LogP contribution in [0.4, 0.5) is 17.1 Å². The zero-order valence-corrected chi connectivity index (χ0v) is 12.0. The van der Waals surface area contributed by atoms with E-state index in [1.807, 2.05) is 24.4 Å². The molecule has 0 bridgehead atoms. The van der Waals surface area contributed by atoms with Crippen LogP contribution in [0.5, 0.6) is 0 Å². The van der Waals surface area contributed by atoms with Gasteiger partial charge in [0.05, 0.1) is 28.6 Å². The Morgan fingerprint density at radius 2 is 2.30 bits per heavy atom. The molecule has 2 aromatic rings. The van der Waals surface area contributed by atoms with E-state index in [0.717, 1.165) is 34.1 Å². The number of nitrogens with zero attached hydrogens (tertiary/aromatic N) is 1. The summed E-state index contributed by atoms with van der Waals surface area (Å²) < 4.78 is 0. The van der Waals surface area contributed by atoms with Crippen LogP contribution in [0.15, 0.2) is 17.5 Å². The van der Waals surface area contributed by atoms with Crippen LogP contribution in [0.1, 0.15) is 22.7 Å². The second-order valence-electron chi connectivity index (χ2n) is 4.86. The minimum Gasteiger partial charge on any atom is -0.397 e. The lowest BCUT2D eigenvalue weighted by molar-refractivity contribution is -0.116. The van der Waals surface area contributed by atoms with Crippen molar-refractivity contribution in [2.45, 2.75) is 26.3 Å². The fraction of sp³-hybridized carbons (Fsp3) is 0.286. The number of nitrogens with one attached hydrogen (secondary N) is 2. The SMILES string of the molecule is Cc1nc(CNc2cc3c(cc2N)CCC(=O)N3)cs1. The summed E-state index contributed by atoms with van der Waals surface area (Å²) in [7, 11) is 0. The Bertz CT molecular complexity index is 665. The number of nitrogens with two attached hydrogens (primary N) is 1. The molecule has 0 spiro atoms. The lowest BCUT2D eigenvalue weighted by atomic mass is 10.0. The van der Waals surface area contributed by atoms with Gasteiger partial charge in [0.25, 0.3) is 0 Å². The van der Waals surface area contributed by atoms with Crippen molar-refractivity contribution in [2.24, 2.45) is 0 Å². The molecule has 1 aliphatic heterocycles. The van der Waals surface area contributed by atoms with E-state index in [9.17, 15) is 4.79 Å². The number of thiazole rings is 1. The lowest BCUT2D eigenvalue weighted by Crippen LogP contribution is -2.19. The van der Waals surface area contributed by atoms with Gasteiger partial charge in [0, 0.05) is 17.5 Å². The molecule has 0 atom stereocenters. The van der Waals surface area contributed by atoms with Crippen molar-refractivity contribution in [1.29, 1.82) is 0 Å². The van der Waals surface area contributed by atoms with Crippen LogP contribution in [0.2, 0.25) is 0 Å². The molecule has 0 unspecified atom stereocenters. The number of amides is 1. The first-order valence-corrected chi connectivity index (χ1v) is 7.37. The summed E-state index contributed by atoms with van der Waals surface area (Å²) in [6, 6.07) is 3.84. The van der Waals surface area contributed by atoms with E-state index in [2.05, 4.69) is 15.6 Å². The fourth-order valence-electron chi connectivity index (χ4n) is 2.28. The van der Waals surface area contributed by atoms with E-state index < -0.39 is 0 Å². The predicted molar refractivity (Wildman–Crippen MR) is 82.0 cm³/mol. The Morgan fingerprint density at radius 1 is 1.45 bits per heavy atom. The van der Waals surface area contributed by atoms with Gasteiger partial charge >= 0.3 is 0 Å². The molecule has 2 heterocycles. The first-order chi connectivity index (χ1) is 9.61. The molecule has 20 heavy (non-hydrogen) atoms. The molecule has 6 heteroatoms. The number of hydrogen-bond donors (Lipinski definition) is 3. The largest absolute Gasteiger partial charge is 0.397 e. The van der Waals surface area contributed by atoms with E-state index >= 15 is 0 Å². The Kier molecular flexibility index (Phi) is 3.31. The van der Waals surface area contributed by atoms with Crippen molar-refractivity contribution in [3.05, 3.63) is 33.8 Å². The van der Waals surface area contributed by atoms with Crippen molar-refractivity contribution >= 4 is 34.3 Å². The number of benzene rings is 1. The molecule has 0 aliphatic carbocycles. The Labute approximate surface area is 121 Å². The summed E-state index contributed by atoms with van der Waals surface area (Å²) in [4.78, 5) is 15.8. The van der Waals surface area contributed by atoms with Gasteiger partial charge in [0.2, 0.25) is 5.91 Å². The smallest absolute Gasteiger partial charge is 0.224 e. The fourth-order valence-corrected chi connectivity index (χ4v) is 2.89. The molecule has 3 rings (SSSR count). The number of carbonyl (C=O) groups is 1. The van der Waals surface area contributed by atoms with E-state index in [1.54, 1.807) is 11.3 Å². The summed E-state index contributed by atoms with van der Waals surface area (Å²) in [6.45, 7) is 2.61. The first kappa shape index (κ1) is 12.9. The average molecular weight is 288 g/mol. The first-order valence-electron chi connectivity index (χ1n) is 6.49. The van der Waals surface area contributed by atoms with Crippen molar-refractivity contribution in [3.8, 4) is 0 Å². The minimum atomic E-state index is 0.0587. The molecular weight excluding hydrogens is 272 g/mol. The number of rotatable bonds is 3. The second-order valence-corrected chi connectivity index (χ2v) is 5.92. The van der Waals surface area contributed by atoms with Crippen molar-refractivity contribution in [2.75, 3.05) is 16.4 Å². The molecule has 0 radical (unpaired) electrons. The van der Waals surface area contributed by atoms with Gasteiger partial charge in [0.1, 0.15) is 0 Å². The number of aromatic nitrogens is 1. The van der Waals surface area contributed by atoms with Gasteiger partial charge in [-0.1, -0.05) is 0 Å². The van der Waals surface area contributed by atoms with Gasteiger partial charge in [-0.3, -0.25) is 4.79 Å². The van der Waals surface area contributed by atoms with Crippen molar-refractivity contribution in [1.82, 2.24) is 4.98 Å². The minimum absolute atomic E-state index is 0.0587. The van der Waals surface area contributed by atoms with Gasteiger partial charge in [-0.05, 0) is 31.0 Å². The van der Waals surface area contributed by atoms with Crippen LogP contribution in [0, 0.1) is 6.92 Å². The zero-order chi connectivity index (χ0) is 14.1. The molecule has 4 N–H and O–H groups in total. The quantitative estimate of drug-likeness (QED) is 0.758. The molecule has 1 aliphatic rings. The summed E-state index contributed by atoms with van der Waals surface area (Å²) in [5.74, 6) is 0.0587. The number of hydrogen-bond acceptors (Lipinski definition) is 5. The highest BCUT2D eigenvalue weighted by molar-refractivity contribution is 7.09. The highest BCUT2D eigenvalue weighted by Crippen LogP contribution is 2.31. The van der Waals surface area contributed by atoms with Crippen LogP contribution >= 0.6 is 11.3 Å². The van der Waals surface area contributed by atoms with Gasteiger partial charge in [0.15, 0.2) is 0 Å². The molecular formula is C14H16N4OS. The standard InChI is InChI=1S/C14H16N4OS/c1-8-17-10(7-20-8)6-16-13-5-12-9(4-11(13)15)2-3-14(19)18-12/h4-5,7,16H,2-3,6,15H2,1H3,(H,18,19). The molecule has 1 aromatic carbocycles. The third-order valence-electron chi connectivity index (χ3n) is 3.30. The maximum atomic E-state index is 11.4. The number of nitrogen functional groups attached to an aromatic ring is 1. The highest BCUT2D eigenvalue weighted by atomic mass is 32.1. The molecule has 0 saturated heterocycles. The number of anilines is 3. The third kappa shape index (κ3) is 2.60. The van der Waals surface area contributed by atoms with Gasteiger partial charge in [-0.15, -0.1) is 11.3 Å². The maximum Gasteiger partial charge on any atom is 0.224 e. The number of carbonyl (C=O) groups excluding carboxylic acids is 1. The molecule has 5 nitrogen and oxygen atoms in total. The summed E-state index contributed by atoms with van der Waals surface area (Å²) >= 11 is 1.63. The Hall–Kier alpha value is -2.08. The van der Waals surface area contributed by atoms with Crippen LogP contribution in [0.25, 0.3) is 0 Å². The average Bonchev–Trinajstić information content (AvgIpc) is 2.83. The molecule has 1 aromatic heterocycles. The van der Waals surface area contributed by atoms with E-state index in [-0.39, 0.29) is 5.91 Å². The van der Waals surface area contributed by atoms with Crippen molar-refractivity contribution < 1.29 is 4.79 Å². The third-order valence-corrected chi connectivity index (χ3v) is 4.12.